The van der Waals surface area contributed by atoms with E-state index < -0.39 is 10.0 Å². The molecule has 0 unspecified atom stereocenters. The predicted molar refractivity (Wildman–Crippen MR) is 144 cm³/mol. The summed E-state index contributed by atoms with van der Waals surface area (Å²) in [5.41, 5.74) is 3.56. The van der Waals surface area contributed by atoms with Crippen molar-refractivity contribution in [2.45, 2.75) is 19.5 Å². The van der Waals surface area contributed by atoms with Crippen LogP contribution in [0.1, 0.15) is 17.5 Å². The van der Waals surface area contributed by atoms with E-state index in [1.165, 1.54) is 10.6 Å². The Kier molecular flexibility index (Phi) is 6.50. The van der Waals surface area contributed by atoms with Crippen LogP contribution in [-0.4, -0.2) is 71.5 Å². The van der Waals surface area contributed by atoms with Gasteiger partial charge < -0.3 is 24.3 Å². The van der Waals surface area contributed by atoms with Gasteiger partial charge in [0.1, 0.15) is 0 Å². The predicted octanol–water partition coefficient (Wildman–Crippen LogP) is 2.69. The minimum absolute atomic E-state index is 0.230. The van der Waals surface area contributed by atoms with Gasteiger partial charge in [-0.05, 0) is 29.7 Å². The largest absolute Gasteiger partial charge is 0.454 e. The highest BCUT2D eigenvalue weighted by atomic mass is 32.2. The van der Waals surface area contributed by atoms with Crippen LogP contribution in [0.2, 0.25) is 0 Å². The lowest BCUT2D eigenvalue weighted by Gasteiger charge is -2.22. The number of nitrogens with zero attached hydrogens (tertiary/aromatic N) is 6. The molecule has 4 aromatic rings. The number of ether oxygens (including phenoxy) is 2. The monoisotopic (exact) mass is 535 g/mol. The van der Waals surface area contributed by atoms with Gasteiger partial charge in [-0.15, -0.1) is 0 Å². The number of imidazole rings is 1. The summed E-state index contributed by atoms with van der Waals surface area (Å²) in [5.74, 6) is 2.64. The van der Waals surface area contributed by atoms with Crippen molar-refractivity contribution in [1.29, 1.82) is 0 Å². The number of rotatable bonds is 7. The molecule has 0 atom stereocenters. The fourth-order valence-electron chi connectivity index (χ4n) is 4.76. The van der Waals surface area contributed by atoms with Crippen LogP contribution in [0.15, 0.2) is 54.9 Å². The first-order valence-corrected chi connectivity index (χ1v) is 14.4. The van der Waals surface area contributed by atoms with Crippen molar-refractivity contribution in [1.82, 2.24) is 23.8 Å². The Morgan fingerprint density at radius 3 is 2.63 bits per heavy atom. The molecule has 1 fully saturated rings. The van der Waals surface area contributed by atoms with Gasteiger partial charge >= 0.3 is 0 Å². The molecule has 0 saturated carbocycles. The summed E-state index contributed by atoms with van der Waals surface area (Å²) in [6, 6.07) is 16.0. The lowest BCUT2D eigenvalue weighted by Crippen LogP contribution is -2.35. The lowest BCUT2D eigenvalue weighted by molar-refractivity contribution is 0.174. The van der Waals surface area contributed by atoms with E-state index in [1.54, 1.807) is 6.33 Å². The Bertz CT molecular complexity index is 1560. The topological polar surface area (TPSA) is 115 Å². The van der Waals surface area contributed by atoms with Crippen LogP contribution < -0.4 is 19.7 Å². The Hall–Kier alpha value is -3.90. The number of aromatic nitrogens is 4. The molecule has 2 aliphatic rings. The van der Waals surface area contributed by atoms with Gasteiger partial charge in [0.2, 0.25) is 22.8 Å². The van der Waals surface area contributed by atoms with Crippen LogP contribution in [0.3, 0.4) is 0 Å². The molecule has 11 nitrogen and oxygen atoms in total. The van der Waals surface area contributed by atoms with E-state index in [0.29, 0.717) is 63.0 Å². The van der Waals surface area contributed by atoms with Crippen molar-refractivity contribution in [3.05, 3.63) is 66.0 Å². The SMILES string of the molecule is CS(=O)(=O)N1CCCN(c2nc(NCc3ccc4c(c3)OCO4)c3ncn(Cc4ccccc4)c3n2)CC1. The molecule has 0 radical (unpaired) electrons. The summed E-state index contributed by atoms with van der Waals surface area (Å²) in [5, 5.41) is 3.44. The molecule has 38 heavy (non-hydrogen) atoms. The van der Waals surface area contributed by atoms with E-state index in [4.69, 9.17) is 19.4 Å². The van der Waals surface area contributed by atoms with Gasteiger partial charge in [0.05, 0.1) is 19.1 Å². The molecule has 1 saturated heterocycles. The van der Waals surface area contributed by atoms with Crippen LogP contribution in [0, 0.1) is 0 Å². The third-order valence-corrected chi connectivity index (χ3v) is 8.05. The van der Waals surface area contributed by atoms with Gasteiger partial charge in [-0.2, -0.15) is 9.97 Å². The number of hydrogen-bond donors (Lipinski definition) is 1. The molecule has 198 valence electrons. The second-order valence-electron chi connectivity index (χ2n) is 9.45. The van der Waals surface area contributed by atoms with Gasteiger partial charge in [-0.25, -0.2) is 17.7 Å². The molecular formula is C26H29N7O4S. The first-order chi connectivity index (χ1) is 18.4. The molecule has 4 heterocycles. The van der Waals surface area contributed by atoms with E-state index >= 15 is 0 Å². The molecule has 6 rings (SSSR count). The van der Waals surface area contributed by atoms with Crippen LogP contribution in [0.5, 0.6) is 11.5 Å². The Morgan fingerprint density at radius 2 is 1.79 bits per heavy atom. The van der Waals surface area contributed by atoms with E-state index in [1.807, 2.05) is 41.0 Å². The van der Waals surface area contributed by atoms with E-state index in [0.717, 1.165) is 28.3 Å². The van der Waals surface area contributed by atoms with E-state index in [9.17, 15) is 8.42 Å². The standard InChI is InChI=1S/C26H29N7O4S/c1-38(34,35)33-11-5-10-31(12-13-33)26-29-24(27-15-20-8-9-21-22(14-20)37-18-36-21)23-25(30-26)32(17-28-23)16-19-6-3-2-4-7-19/h2-4,6-9,14,17H,5,10-13,15-16,18H2,1H3,(H,27,29,30). The normalized spacial score (nSPS) is 16.1. The summed E-state index contributed by atoms with van der Waals surface area (Å²) in [6.45, 7) is 3.40. The van der Waals surface area contributed by atoms with Gasteiger partial charge in [0.25, 0.3) is 0 Å². The molecule has 0 aliphatic carbocycles. The summed E-state index contributed by atoms with van der Waals surface area (Å²) in [6.07, 6.45) is 3.74. The first kappa shape index (κ1) is 24.4. The van der Waals surface area contributed by atoms with Crippen LogP contribution >= 0.6 is 0 Å². The number of sulfonamides is 1. The molecule has 12 heteroatoms. The van der Waals surface area contributed by atoms with Crippen molar-refractivity contribution in [2.75, 3.05) is 49.4 Å². The molecule has 2 aromatic carbocycles. The Labute approximate surface area is 221 Å². The second-order valence-corrected chi connectivity index (χ2v) is 11.4. The number of fused-ring (bicyclic) bond motifs is 2. The number of anilines is 2. The zero-order chi connectivity index (χ0) is 26.1. The molecule has 1 N–H and O–H groups in total. The van der Waals surface area contributed by atoms with Crippen LogP contribution in [-0.2, 0) is 23.1 Å². The summed E-state index contributed by atoms with van der Waals surface area (Å²) >= 11 is 0. The van der Waals surface area contributed by atoms with Crippen LogP contribution in [0.25, 0.3) is 11.2 Å². The van der Waals surface area contributed by atoms with Gasteiger partial charge in [0, 0.05) is 32.7 Å². The van der Waals surface area contributed by atoms with Crippen molar-refractivity contribution >= 4 is 33.0 Å². The van der Waals surface area contributed by atoms with Gasteiger partial charge in [-0.1, -0.05) is 36.4 Å². The minimum Gasteiger partial charge on any atom is -0.454 e. The number of benzene rings is 2. The first-order valence-electron chi connectivity index (χ1n) is 12.5. The maximum absolute atomic E-state index is 12.1. The highest BCUT2D eigenvalue weighted by Crippen LogP contribution is 2.33. The van der Waals surface area contributed by atoms with Crippen molar-refractivity contribution in [3.8, 4) is 11.5 Å². The van der Waals surface area contributed by atoms with E-state index in [-0.39, 0.29) is 6.79 Å². The maximum Gasteiger partial charge on any atom is 0.231 e. The Balaban J connectivity index is 1.33. The smallest absolute Gasteiger partial charge is 0.231 e. The lowest BCUT2D eigenvalue weighted by atomic mass is 10.2. The highest BCUT2D eigenvalue weighted by molar-refractivity contribution is 7.88. The number of hydrogen-bond acceptors (Lipinski definition) is 9. The third-order valence-electron chi connectivity index (χ3n) is 6.75. The molecular weight excluding hydrogens is 506 g/mol. The fraction of sp³-hybridized carbons (Fsp3) is 0.346. The summed E-state index contributed by atoms with van der Waals surface area (Å²) in [4.78, 5) is 16.5. The zero-order valence-corrected chi connectivity index (χ0v) is 21.9. The third kappa shape index (κ3) is 5.09. The van der Waals surface area contributed by atoms with Crippen molar-refractivity contribution in [2.24, 2.45) is 0 Å². The number of nitrogens with one attached hydrogen (secondary N) is 1. The minimum atomic E-state index is -3.25. The average molecular weight is 536 g/mol. The molecule has 0 amide bonds. The second kappa shape index (κ2) is 10.1. The molecule has 0 bridgehead atoms. The summed E-state index contributed by atoms with van der Waals surface area (Å²) < 4.78 is 38.7. The zero-order valence-electron chi connectivity index (χ0n) is 21.1. The average Bonchev–Trinajstić information content (AvgIpc) is 3.46. The summed E-state index contributed by atoms with van der Waals surface area (Å²) in [7, 11) is -3.25. The quantitative estimate of drug-likeness (QED) is 0.381. The molecule has 0 spiro atoms. The van der Waals surface area contributed by atoms with Crippen molar-refractivity contribution in [3.63, 3.8) is 0 Å². The van der Waals surface area contributed by atoms with Crippen LogP contribution in [0.4, 0.5) is 11.8 Å². The van der Waals surface area contributed by atoms with Gasteiger partial charge in [0.15, 0.2) is 28.5 Å². The highest BCUT2D eigenvalue weighted by Gasteiger charge is 2.24. The fourth-order valence-corrected chi connectivity index (χ4v) is 5.63. The molecule has 2 aliphatic heterocycles. The molecule has 2 aromatic heterocycles. The Morgan fingerprint density at radius 1 is 0.947 bits per heavy atom. The van der Waals surface area contributed by atoms with Gasteiger partial charge in [-0.3, -0.25) is 0 Å². The van der Waals surface area contributed by atoms with Crippen molar-refractivity contribution < 1.29 is 17.9 Å². The van der Waals surface area contributed by atoms with E-state index in [2.05, 4.69) is 27.3 Å². The maximum atomic E-state index is 12.1.